The van der Waals surface area contributed by atoms with Crippen molar-refractivity contribution in [1.29, 1.82) is 0 Å². The third-order valence-corrected chi connectivity index (χ3v) is 3.09. The Morgan fingerprint density at radius 3 is 2.76 bits per heavy atom. The Kier molecular flexibility index (Phi) is 4.37. The number of benzene rings is 1. The molecule has 0 amide bonds. The van der Waals surface area contributed by atoms with Gasteiger partial charge in [0.05, 0.1) is 5.56 Å². The number of halogens is 1. The van der Waals surface area contributed by atoms with Crippen LogP contribution in [0.3, 0.4) is 0 Å². The Morgan fingerprint density at radius 2 is 2.14 bits per heavy atom. The summed E-state index contributed by atoms with van der Waals surface area (Å²) in [6.07, 6.45) is 0. The van der Waals surface area contributed by atoms with Gasteiger partial charge < -0.3 is 15.8 Å². The zero-order chi connectivity index (χ0) is 15.4. The van der Waals surface area contributed by atoms with Gasteiger partial charge in [-0.05, 0) is 44.2 Å². The molecule has 110 valence electrons. The van der Waals surface area contributed by atoms with E-state index in [2.05, 4.69) is 10.1 Å². The zero-order valence-corrected chi connectivity index (χ0v) is 11.9. The van der Waals surface area contributed by atoms with E-state index in [9.17, 15) is 4.39 Å². The van der Waals surface area contributed by atoms with E-state index in [1.807, 2.05) is 18.7 Å². The monoisotopic (exact) mass is 288 g/mol. The molecule has 3 N–H and O–H groups in total. The standard InChI is InChI=1S/C15H17FN4O/c1-3-20(12-6-4-5-11(16)9-12)15-13(14(17)19-21)8-7-10(2)18-15/h4-9,21H,3H2,1-2H3,(H2,17,19). The highest BCUT2D eigenvalue weighted by Crippen LogP contribution is 2.27. The number of nitrogens with two attached hydrogens (primary N) is 1. The first-order chi connectivity index (χ1) is 10.1. The molecule has 5 nitrogen and oxygen atoms in total. The molecule has 1 aromatic heterocycles. The van der Waals surface area contributed by atoms with E-state index in [0.717, 1.165) is 5.69 Å². The number of nitrogens with zero attached hydrogens (tertiary/aromatic N) is 3. The quantitative estimate of drug-likeness (QED) is 0.392. The van der Waals surface area contributed by atoms with Crippen molar-refractivity contribution < 1.29 is 9.60 Å². The largest absolute Gasteiger partial charge is 0.409 e. The minimum Gasteiger partial charge on any atom is -0.409 e. The Labute approximate surface area is 122 Å². The number of amidine groups is 1. The van der Waals surface area contributed by atoms with Crippen LogP contribution in [0.15, 0.2) is 41.6 Å². The molecule has 0 aliphatic carbocycles. The van der Waals surface area contributed by atoms with E-state index in [1.165, 1.54) is 12.1 Å². The average molecular weight is 288 g/mol. The number of anilines is 2. The minimum atomic E-state index is -0.330. The van der Waals surface area contributed by atoms with Crippen molar-refractivity contribution in [2.24, 2.45) is 10.9 Å². The number of aromatic nitrogens is 1. The molecular weight excluding hydrogens is 271 g/mol. The highest BCUT2D eigenvalue weighted by atomic mass is 19.1. The van der Waals surface area contributed by atoms with Crippen LogP contribution in [0, 0.1) is 12.7 Å². The van der Waals surface area contributed by atoms with Gasteiger partial charge in [0.1, 0.15) is 11.6 Å². The summed E-state index contributed by atoms with van der Waals surface area (Å²) in [7, 11) is 0. The predicted molar refractivity (Wildman–Crippen MR) is 80.6 cm³/mol. The van der Waals surface area contributed by atoms with Gasteiger partial charge >= 0.3 is 0 Å². The molecule has 0 unspecified atom stereocenters. The summed E-state index contributed by atoms with van der Waals surface area (Å²) < 4.78 is 13.4. The molecule has 1 aromatic carbocycles. The fourth-order valence-corrected chi connectivity index (χ4v) is 2.10. The Morgan fingerprint density at radius 1 is 1.38 bits per heavy atom. The van der Waals surface area contributed by atoms with Crippen molar-refractivity contribution in [1.82, 2.24) is 4.98 Å². The SMILES string of the molecule is CCN(c1cccc(F)c1)c1nc(C)ccc1C(N)=NO. The van der Waals surface area contributed by atoms with Crippen molar-refractivity contribution in [2.45, 2.75) is 13.8 Å². The lowest BCUT2D eigenvalue weighted by molar-refractivity contribution is 0.318. The lowest BCUT2D eigenvalue weighted by atomic mass is 10.2. The molecule has 0 bridgehead atoms. The second kappa shape index (κ2) is 6.21. The Balaban J connectivity index is 2.59. The van der Waals surface area contributed by atoms with Gasteiger partial charge in [-0.1, -0.05) is 11.2 Å². The lowest BCUT2D eigenvalue weighted by Crippen LogP contribution is -2.24. The maximum Gasteiger partial charge on any atom is 0.173 e. The highest BCUT2D eigenvalue weighted by Gasteiger charge is 2.17. The zero-order valence-electron chi connectivity index (χ0n) is 11.9. The van der Waals surface area contributed by atoms with E-state index in [-0.39, 0.29) is 11.7 Å². The van der Waals surface area contributed by atoms with Gasteiger partial charge in [0.2, 0.25) is 0 Å². The van der Waals surface area contributed by atoms with Gasteiger partial charge in [-0.25, -0.2) is 9.37 Å². The van der Waals surface area contributed by atoms with Crippen LogP contribution in [0.5, 0.6) is 0 Å². The van der Waals surface area contributed by atoms with Gasteiger partial charge in [0.15, 0.2) is 5.84 Å². The number of hydrogen-bond acceptors (Lipinski definition) is 4. The van der Waals surface area contributed by atoms with E-state index in [1.54, 1.807) is 24.3 Å². The molecule has 1 heterocycles. The molecule has 2 aromatic rings. The molecule has 0 saturated carbocycles. The third kappa shape index (κ3) is 3.10. The molecule has 0 aliphatic rings. The van der Waals surface area contributed by atoms with Crippen LogP contribution in [-0.2, 0) is 0 Å². The number of hydrogen-bond donors (Lipinski definition) is 2. The summed E-state index contributed by atoms with van der Waals surface area (Å²) in [6, 6.07) is 9.72. The van der Waals surface area contributed by atoms with Crippen molar-refractivity contribution in [3.63, 3.8) is 0 Å². The van der Waals surface area contributed by atoms with Crippen LogP contribution >= 0.6 is 0 Å². The maximum absolute atomic E-state index is 13.4. The van der Waals surface area contributed by atoms with E-state index in [0.29, 0.717) is 23.6 Å². The highest BCUT2D eigenvalue weighted by molar-refractivity contribution is 6.02. The molecule has 21 heavy (non-hydrogen) atoms. The molecule has 0 saturated heterocycles. The first-order valence-electron chi connectivity index (χ1n) is 6.55. The topological polar surface area (TPSA) is 74.7 Å². The summed E-state index contributed by atoms with van der Waals surface area (Å²) in [5.74, 6) is 0.162. The average Bonchev–Trinajstić information content (AvgIpc) is 2.47. The van der Waals surface area contributed by atoms with Crippen LogP contribution in [0.4, 0.5) is 15.9 Å². The number of pyridine rings is 1. The molecular formula is C15H17FN4O. The van der Waals surface area contributed by atoms with Crippen LogP contribution in [0.1, 0.15) is 18.2 Å². The van der Waals surface area contributed by atoms with Crippen molar-refractivity contribution in [2.75, 3.05) is 11.4 Å². The van der Waals surface area contributed by atoms with Crippen molar-refractivity contribution in [3.05, 3.63) is 53.5 Å². The van der Waals surface area contributed by atoms with E-state index in [4.69, 9.17) is 10.9 Å². The molecule has 0 aliphatic heterocycles. The smallest absolute Gasteiger partial charge is 0.173 e. The third-order valence-electron chi connectivity index (χ3n) is 3.09. The minimum absolute atomic E-state index is 0.0349. The predicted octanol–water partition coefficient (Wildman–Crippen LogP) is 2.78. The summed E-state index contributed by atoms with van der Waals surface area (Å²) in [5.41, 5.74) is 7.64. The Hall–Kier alpha value is -2.63. The van der Waals surface area contributed by atoms with Crippen LogP contribution in [0.25, 0.3) is 0 Å². The Bertz CT molecular complexity index is 672. The fourth-order valence-electron chi connectivity index (χ4n) is 2.10. The van der Waals surface area contributed by atoms with Gasteiger partial charge in [-0.15, -0.1) is 0 Å². The van der Waals surface area contributed by atoms with Gasteiger partial charge in [0, 0.05) is 17.9 Å². The molecule has 0 fully saturated rings. The molecule has 0 atom stereocenters. The van der Waals surface area contributed by atoms with Crippen molar-refractivity contribution >= 4 is 17.3 Å². The van der Waals surface area contributed by atoms with Crippen LogP contribution in [-0.4, -0.2) is 22.6 Å². The first-order valence-corrected chi connectivity index (χ1v) is 6.55. The molecule has 2 rings (SSSR count). The summed E-state index contributed by atoms with van der Waals surface area (Å²) >= 11 is 0. The van der Waals surface area contributed by atoms with Crippen LogP contribution < -0.4 is 10.6 Å². The van der Waals surface area contributed by atoms with Gasteiger partial charge in [0.25, 0.3) is 0 Å². The van der Waals surface area contributed by atoms with Crippen LogP contribution in [0.2, 0.25) is 0 Å². The van der Waals surface area contributed by atoms with Gasteiger partial charge in [-0.2, -0.15) is 0 Å². The summed E-state index contributed by atoms with van der Waals surface area (Å²) in [4.78, 5) is 6.26. The fraction of sp³-hybridized carbons (Fsp3) is 0.200. The second-order valence-electron chi connectivity index (χ2n) is 4.53. The number of rotatable bonds is 4. The number of aryl methyl sites for hydroxylation is 1. The van der Waals surface area contributed by atoms with E-state index >= 15 is 0 Å². The lowest BCUT2D eigenvalue weighted by Gasteiger charge is -2.24. The van der Waals surface area contributed by atoms with E-state index < -0.39 is 0 Å². The molecule has 0 radical (unpaired) electrons. The maximum atomic E-state index is 13.4. The van der Waals surface area contributed by atoms with Gasteiger partial charge in [-0.3, -0.25) is 0 Å². The molecule has 0 spiro atoms. The second-order valence-corrected chi connectivity index (χ2v) is 4.53. The summed E-state index contributed by atoms with van der Waals surface area (Å²) in [6.45, 7) is 4.33. The normalized spacial score (nSPS) is 11.5. The van der Waals surface area contributed by atoms with Crippen molar-refractivity contribution in [3.8, 4) is 0 Å². The number of oxime groups is 1. The molecule has 6 heteroatoms. The first kappa shape index (κ1) is 14.8. The summed E-state index contributed by atoms with van der Waals surface area (Å²) in [5, 5.41) is 11.9.